The van der Waals surface area contributed by atoms with E-state index in [1.807, 2.05) is 0 Å². The van der Waals surface area contributed by atoms with E-state index in [4.69, 9.17) is 14.2 Å². The minimum Gasteiger partial charge on any atom is -0.443 e. The van der Waals surface area contributed by atoms with Crippen molar-refractivity contribution in [2.75, 3.05) is 11.5 Å². The molecule has 0 bridgehead atoms. The van der Waals surface area contributed by atoms with Crippen LogP contribution in [0.5, 0.6) is 0 Å². The molecule has 0 radical (unpaired) electrons. The third-order valence-electron chi connectivity index (χ3n) is 4.18. The van der Waals surface area contributed by atoms with Crippen LogP contribution in [-0.4, -0.2) is 52.8 Å². The number of carbonyl (C=O) groups excluding carboxylic acids is 2. The van der Waals surface area contributed by atoms with E-state index in [2.05, 4.69) is 45.7 Å². The normalized spacial score (nSPS) is 12.7. The first-order valence-corrected chi connectivity index (χ1v) is 15.3. The zero-order valence-electron chi connectivity index (χ0n) is 21.0. The van der Waals surface area contributed by atoms with Crippen LogP contribution in [0.3, 0.4) is 0 Å². The summed E-state index contributed by atoms with van der Waals surface area (Å²) in [5.74, 6) is 0.0741. The summed E-state index contributed by atoms with van der Waals surface area (Å²) in [5.41, 5.74) is -0.995. The Balaban J connectivity index is 2.45. The summed E-state index contributed by atoms with van der Waals surface area (Å²) >= 11 is 3.50. The topological polar surface area (TPSA) is 95.8 Å². The van der Waals surface area contributed by atoms with Crippen molar-refractivity contribution in [1.82, 2.24) is 14.8 Å². The lowest BCUT2D eigenvalue weighted by Crippen LogP contribution is -2.44. The lowest BCUT2D eigenvalue weighted by Gasteiger charge is -2.28. The van der Waals surface area contributed by atoms with Crippen molar-refractivity contribution in [3.05, 3.63) is 16.9 Å². The smallest absolute Gasteiger partial charge is 0.425 e. The van der Waals surface area contributed by atoms with Crippen LogP contribution < -0.4 is 4.90 Å². The van der Waals surface area contributed by atoms with E-state index in [1.165, 1.54) is 6.20 Å². The quantitative estimate of drug-likeness (QED) is 0.317. The molecular weight excluding hydrogens is 508 g/mol. The number of nitrogens with zero attached hydrogens (tertiary/aromatic N) is 4. The van der Waals surface area contributed by atoms with Gasteiger partial charge in [0, 0.05) is 20.9 Å². The van der Waals surface area contributed by atoms with E-state index in [9.17, 15) is 9.59 Å². The molecule has 0 saturated heterocycles. The summed E-state index contributed by atoms with van der Waals surface area (Å²) in [6.45, 7) is 18.1. The number of halogens is 1. The molecule has 2 amide bonds. The molecule has 0 aliphatic carbocycles. The Morgan fingerprint density at radius 2 is 1.58 bits per heavy atom. The lowest BCUT2D eigenvalue weighted by atomic mass is 10.2. The molecule has 33 heavy (non-hydrogen) atoms. The van der Waals surface area contributed by atoms with Crippen LogP contribution in [0.25, 0.3) is 10.9 Å². The van der Waals surface area contributed by atoms with E-state index in [0.29, 0.717) is 22.0 Å². The van der Waals surface area contributed by atoms with Crippen molar-refractivity contribution < 1.29 is 23.8 Å². The van der Waals surface area contributed by atoms with Gasteiger partial charge in [-0.05, 0) is 63.5 Å². The maximum Gasteiger partial charge on any atom is 0.425 e. The minimum absolute atomic E-state index is 0.0741. The van der Waals surface area contributed by atoms with Gasteiger partial charge in [0.25, 0.3) is 0 Å². The number of pyridine rings is 1. The highest BCUT2D eigenvalue weighted by Crippen LogP contribution is 2.32. The third kappa shape index (κ3) is 8.08. The standard InChI is InChI=1S/C22H35BrN4O5Si/c1-21(2,3)31-19(28)27(20(29)32-22(4,5)6)18-15-12-25-26(17(15)16(23)13-24-18)14-30-10-11-33(7,8)9/h12-13H,10-11,14H2,1-9H3. The fraction of sp³-hybridized carbons (Fsp3) is 0.636. The lowest BCUT2D eigenvalue weighted by molar-refractivity contribution is 0.0429. The predicted molar refractivity (Wildman–Crippen MR) is 134 cm³/mol. The average molecular weight is 544 g/mol. The third-order valence-corrected chi connectivity index (χ3v) is 6.47. The van der Waals surface area contributed by atoms with E-state index in [1.54, 1.807) is 52.4 Å². The number of amides is 2. The van der Waals surface area contributed by atoms with Crippen molar-refractivity contribution >= 4 is 52.9 Å². The van der Waals surface area contributed by atoms with Crippen LogP contribution in [0, 0.1) is 0 Å². The summed E-state index contributed by atoms with van der Waals surface area (Å²) in [6, 6.07) is 1.03. The summed E-state index contributed by atoms with van der Waals surface area (Å²) in [4.78, 5) is 31.2. The van der Waals surface area contributed by atoms with E-state index in [0.717, 1.165) is 10.9 Å². The van der Waals surface area contributed by atoms with Crippen molar-refractivity contribution in [2.45, 2.75) is 85.2 Å². The number of rotatable bonds is 6. The summed E-state index contributed by atoms with van der Waals surface area (Å²) < 4.78 is 19.1. The van der Waals surface area contributed by atoms with Crippen LogP contribution >= 0.6 is 15.9 Å². The molecule has 2 aromatic heterocycles. The highest BCUT2D eigenvalue weighted by atomic mass is 79.9. The Bertz CT molecular complexity index is 977. The Morgan fingerprint density at radius 3 is 2.06 bits per heavy atom. The number of anilines is 1. The molecule has 0 saturated carbocycles. The van der Waals surface area contributed by atoms with Crippen LogP contribution in [0.2, 0.25) is 25.7 Å². The largest absolute Gasteiger partial charge is 0.443 e. The number of hydrogen-bond acceptors (Lipinski definition) is 7. The van der Waals surface area contributed by atoms with Gasteiger partial charge in [-0.25, -0.2) is 19.3 Å². The number of aromatic nitrogens is 3. The molecule has 184 valence electrons. The number of imide groups is 1. The SMILES string of the molecule is CC(C)(C)OC(=O)N(C(=O)OC(C)(C)C)c1ncc(Br)c2c1cnn2COCC[Si](C)(C)C. The van der Waals surface area contributed by atoms with Gasteiger partial charge in [0.1, 0.15) is 17.9 Å². The van der Waals surface area contributed by atoms with Gasteiger partial charge in [0.05, 0.1) is 21.6 Å². The zero-order valence-corrected chi connectivity index (χ0v) is 23.6. The molecule has 0 spiro atoms. The fourth-order valence-electron chi connectivity index (χ4n) is 2.72. The first-order valence-electron chi connectivity index (χ1n) is 10.8. The second kappa shape index (κ2) is 10.1. The highest BCUT2D eigenvalue weighted by molar-refractivity contribution is 9.10. The molecule has 0 aliphatic rings. The predicted octanol–water partition coefficient (Wildman–Crippen LogP) is 6.18. The van der Waals surface area contributed by atoms with Crippen LogP contribution in [0.15, 0.2) is 16.9 Å². The molecule has 2 rings (SSSR count). The van der Waals surface area contributed by atoms with E-state index >= 15 is 0 Å². The first-order chi connectivity index (χ1) is 15.0. The maximum atomic E-state index is 13.0. The second-order valence-corrected chi connectivity index (χ2v) is 17.5. The number of fused-ring (bicyclic) bond motifs is 1. The van der Waals surface area contributed by atoms with Gasteiger partial charge < -0.3 is 14.2 Å². The Kier molecular flexibility index (Phi) is 8.35. The average Bonchev–Trinajstić information content (AvgIpc) is 3.02. The van der Waals surface area contributed by atoms with Crippen molar-refractivity contribution in [3.63, 3.8) is 0 Å². The second-order valence-electron chi connectivity index (χ2n) is 11.0. The Hall–Kier alpha value is -1.98. The summed E-state index contributed by atoms with van der Waals surface area (Å²) in [7, 11) is -1.22. The van der Waals surface area contributed by atoms with Gasteiger partial charge in [0.2, 0.25) is 0 Å². The molecule has 9 nitrogen and oxygen atoms in total. The van der Waals surface area contributed by atoms with Crippen LogP contribution in [0.4, 0.5) is 15.4 Å². The van der Waals surface area contributed by atoms with Gasteiger partial charge in [-0.3, -0.25) is 0 Å². The maximum absolute atomic E-state index is 13.0. The molecule has 0 fully saturated rings. The van der Waals surface area contributed by atoms with Crippen LogP contribution in [0.1, 0.15) is 41.5 Å². The molecule has 0 aromatic carbocycles. The molecule has 0 aliphatic heterocycles. The molecule has 0 N–H and O–H groups in total. The van der Waals surface area contributed by atoms with Crippen molar-refractivity contribution in [1.29, 1.82) is 0 Å². The zero-order chi connectivity index (χ0) is 25.2. The van der Waals surface area contributed by atoms with E-state index in [-0.39, 0.29) is 12.5 Å². The first kappa shape index (κ1) is 27.3. The van der Waals surface area contributed by atoms with Gasteiger partial charge in [0.15, 0.2) is 5.82 Å². The van der Waals surface area contributed by atoms with Gasteiger partial charge in [-0.15, -0.1) is 0 Å². The highest BCUT2D eigenvalue weighted by Gasteiger charge is 2.35. The minimum atomic E-state index is -1.22. The van der Waals surface area contributed by atoms with Crippen molar-refractivity contribution in [3.8, 4) is 0 Å². The molecule has 2 aromatic rings. The monoisotopic (exact) mass is 542 g/mol. The van der Waals surface area contributed by atoms with Gasteiger partial charge in [-0.1, -0.05) is 19.6 Å². The number of ether oxygens (including phenoxy) is 3. The fourth-order valence-corrected chi connectivity index (χ4v) is 3.99. The molecular formula is C22H35BrN4O5Si. The number of carbonyl (C=O) groups is 2. The molecule has 2 heterocycles. The van der Waals surface area contributed by atoms with E-state index < -0.39 is 31.5 Å². The summed E-state index contributed by atoms with van der Waals surface area (Å²) in [5, 5.41) is 4.88. The van der Waals surface area contributed by atoms with Crippen molar-refractivity contribution in [2.24, 2.45) is 0 Å². The summed E-state index contributed by atoms with van der Waals surface area (Å²) in [6.07, 6.45) is 1.30. The molecule has 0 unspecified atom stereocenters. The van der Waals surface area contributed by atoms with Crippen LogP contribution in [-0.2, 0) is 20.9 Å². The Labute approximate surface area is 204 Å². The number of hydrogen-bond donors (Lipinski definition) is 0. The molecule has 0 atom stereocenters. The Morgan fingerprint density at radius 1 is 1.03 bits per heavy atom. The van der Waals surface area contributed by atoms with Gasteiger partial charge in [-0.2, -0.15) is 10.00 Å². The van der Waals surface area contributed by atoms with Gasteiger partial charge >= 0.3 is 12.2 Å². The molecule has 11 heteroatoms.